The van der Waals surface area contributed by atoms with Gasteiger partial charge in [0.15, 0.2) is 0 Å². The second kappa shape index (κ2) is 10.1. The first kappa shape index (κ1) is 23.4. The highest BCUT2D eigenvalue weighted by Crippen LogP contribution is 2.44. The molecule has 1 heterocycles. The van der Waals surface area contributed by atoms with E-state index in [0.717, 1.165) is 25.7 Å². The van der Waals surface area contributed by atoms with Crippen molar-refractivity contribution in [2.45, 2.75) is 50.5 Å². The molecule has 5 rings (SSSR count). The van der Waals surface area contributed by atoms with Crippen molar-refractivity contribution in [1.29, 1.82) is 0 Å². The van der Waals surface area contributed by atoms with Gasteiger partial charge in [-0.25, -0.2) is 4.79 Å². The topological polar surface area (TPSA) is 95.9 Å². The normalized spacial score (nSPS) is 23.4. The number of aliphatic carboxylic acids is 1. The summed E-state index contributed by atoms with van der Waals surface area (Å²) in [6.45, 7) is 1.23. The van der Waals surface area contributed by atoms with Crippen molar-refractivity contribution in [2.24, 2.45) is 11.8 Å². The number of carboxylic acids is 1. The van der Waals surface area contributed by atoms with Crippen LogP contribution in [0.1, 0.15) is 55.6 Å². The molecule has 1 saturated carbocycles. The van der Waals surface area contributed by atoms with Crippen LogP contribution in [0.5, 0.6) is 0 Å². The Bertz CT molecular complexity index is 1070. The van der Waals surface area contributed by atoms with Gasteiger partial charge >= 0.3 is 12.1 Å². The van der Waals surface area contributed by atoms with Crippen LogP contribution in [0.2, 0.25) is 0 Å². The number of carbonyl (C=O) groups is 3. The van der Waals surface area contributed by atoms with Crippen molar-refractivity contribution in [2.75, 3.05) is 19.7 Å². The van der Waals surface area contributed by atoms with Gasteiger partial charge in [-0.05, 0) is 60.3 Å². The molecule has 2 fully saturated rings. The van der Waals surface area contributed by atoms with Gasteiger partial charge in [0.1, 0.15) is 6.61 Å². The molecule has 2 aliphatic carbocycles. The zero-order valence-corrected chi connectivity index (χ0v) is 19.8. The zero-order chi connectivity index (χ0) is 24.4. The highest BCUT2D eigenvalue weighted by molar-refractivity contribution is 5.79. The number of ether oxygens (including phenoxy) is 1. The van der Waals surface area contributed by atoms with E-state index in [9.17, 15) is 19.5 Å². The highest BCUT2D eigenvalue weighted by atomic mass is 16.5. The number of alkyl carbamates (subject to hydrolysis) is 1. The van der Waals surface area contributed by atoms with Gasteiger partial charge in [0.25, 0.3) is 0 Å². The van der Waals surface area contributed by atoms with E-state index < -0.39 is 18.0 Å². The lowest BCUT2D eigenvalue weighted by Gasteiger charge is -2.31. The van der Waals surface area contributed by atoms with Gasteiger partial charge in [-0.3, -0.25) is 9.59 Å². The smallest absolute Gasteiger partial charge is 0.407 e. The monoisotopic (exact) mass is 476 g/mol. The summed E-state index contributed by atoms with van der Waals surface area (Å²) in [5, 5.41) is 12.3. The third-order valence-electron chi connectivity index (χ3n) is 7.79. The molecule has 3 atom stereocenters. The molecule has 2 amide bonds. The lowest BCUT2D eigenvalue weighted by atomic mass is 9.96. The fraction of sp³-hybridized carbons (Fsp3) is 0.464. The molecule has 0 aromatic heterocycles. The lowest BCUT2D eigenvalue weighted by Crippen LogP contribution is -2.42. The van der Waals surface area contributed by atoms with E-state index in [4.69, 9.17) is 4.74 Å². The Morgan fingerprint density at radius 3 is 2.34 bits per heavy atom. The zero-order valence-electron chi connectivity index (χ0n) is 19.8. The maximum Gasteiger partial charge on any atom is 0.407 e. The molecule has 1 aliphatic heterocycles. The standard InChI is InChI=1S/C28H32N2O5/c31-26(30-13-5-6-19(16-30)27(32)33)15-18-11-12-20(14-18)29-28(34)35-17-25-23-9-3-1-7-21(23)22-8-2-4-10-24(22)25/h1-4,7-10,18-20,25H,5-6,11-17H2,(H,29,34)(H,32,33)/t18-,19+,20+/m0/s1. The molecule has 2 aromatic carbocycles. The van der Waals surface area contributed by atoms with Crippen LogP contribution in [0, 0.1) is 11.8 Å². The number of rotatable bonds is 6. The summed E-state index contributed by atoms with van der Waals surface area (Å²) >= 11 is 0. The molecule has 0 unspecified atom stereocenters. The van der Waals surface area contributed by atoms with Gasteiger partial charge in [0, 0.05) is 31.5 Å². The molecular formula is C28H32N2O5. The Morgan fingerprint density at radius 1 is 0.971 bits per heavy atom. The first-order valence-corrected chi connectivity index (χ1v) is 12.6. The number of likely N-dealkylation sites (tertiary alicyclic amines) is 1. The number of carbonyl (C=O) groups excluding carboxylic acids is 2. The highest BCUT2D eigenvalue weighted by Gasteiger charge is 2.33. The third-order valence-corrected chi connectivity index (χ3v) is 7.79. The minimum Gasteiger partial charge on any atom is -0.481 e. The van der Waals surface area contributed by atoms with Gasteiger partial charge in [-0.1, -0.05) is 48.5 Å². The Labute approximate surface area is 205 Å². The molecule has 0 radical (unpaired) electrons. The fourth-order valence-electron chi connectivity index (χ4n) is 5.98. The van der Waals surface area contributed by atoms with Crippen LogP contribution in [0.15, 0.2) is 48.5 Å². The first-order valence-electron chi connectivity index (χ1n) is 12.6. The quantitative estimate of drug-likeness (QED) is 0.644. The van der Waals surface area contributed by atoms with Crippen molar-refractivity contribution >= 4 is 18.0 Å². The van der Waals surface area contributed by atoms with Crippen LogP contribution < -0.4 is 5.32 Å². The van der Waals surface area contributed by atoms with Crippen LogP contribution in [0.3, 0.4) is 0 Å². The van der Waals surface area contributed by atoms with E-state index >= 15 is 0 Å². The molecule has 0 bridgehead atoms. The summed E-state index contributed by atoms with van der Waals surface area (Å²) in [6.07, 6.45) is 3.80. The van der Waals surface area contributed by atoms with Crippen LogP contribution in [0.4, 0.5) is 4.79 Å². The third kappa shape index (κ3) is 5.04. The molecule has 2 aromatic rings. The Hall–Kier alpha value is -3.35. The van der Waals surface area contributed by atoms with Gasteiger partial charge in [-0.2, -0.15) is 0 Å². The summed E-state index contributed by atoms with van der Waals surface area (Å²) in [4.78, 5) is 38.3. The summed E-state index contributed by atoms with van der Waals surface area (Å²) in [6, 6.07) is 16.5. The van der Waals surface area contributed by atoms with E-state index in [1.807, 2.05) is 24.3 Å². The number of hydrogen-bond acceptors (Lipinski definition) is 4. The number of benzene rings is 2. The molecule has 1 saturated heterocycles. The summed E-state index contributed by atoms with van der Waals surface area (Å²) in [5.41, 5.74) is 4.76. The lowest BCUT2D eigenvalue weighted by molar-refractivity contribution is -0.145. The minimum absolute atomic E-state index is 0.00317. The number of piperidine rings is 1. The van der Waals surface area contributed by atoms with E-state index in [2.05, 4.69) is 29.6 Å². The Kier molecular flexibility index (Phi) is 6.75. The van der Waals surface area contributed by atoms with Crippen LogP contribution in [-0.2, 0) is 14.3 Å². The summed E-state index contributed by atoms with van der Waals surface area (Å²) < 4.78 is 5.67. The first-order chi connectivity index (χ1) is 17.0. The number of amides is 2. The van der Waals surface area contributed by atoms with E-state index in [1.165, 1.54) is 22.3 Å². The fourth-order valence-corrected chi connectivity index (χ4v) is 5.98. The average Bonchev–Trinajstić information content (AvgIpc) is 3.44. The van der Waals surface area contributed by atoms with E-state index in [-0.39, 0.29) is 30.4 Å². The Morgan fingerprint density at radius 2 is 1.66 bits per heavy atom. The average molecular weight is 477 g/mol. The molecular weight excluding hydrogens is 444 g/mol. The predicted molar refractivity (Wildman–Crippen MR) is 131 cm³/mol. The van der Waals surface area contributed by atoms with Gasteiger partial charge in [0.05, 0.1) is 5.92 Å². The van der Waals surface area contributed by atoms with Crippen LogP contribution >= 0.6 is 0 Å². The number of nitrogens with one attached hydrogen (secondary N) is 1. The van der Waals surface area contributed by atoms with Gasteiger partial charge < -0.3 is 20.1 Å². The second-order valence-electron chi connectivity index (χ2n) is 10.1. The second-order valence-corrected chi connectivity index (χ2v) is 10.1. The minimum atomic E-state index is -0.823. The van der Waals surface area contributed by atoms with Crippen molar-refractivity contribution in [3.8, 4) is 11.1 Å². The number of carboxylic acid groups (broad SMARTS) is 1. The maximum atomic E-state index is 12.7. The molecule has 2 N–H and O–H groups in total. The van der Waals surface area contributed by atoms with Crippen molar-refractivity contribution in [3.63, 3.8) is 0 Å². The van der Waals surface area contributed by atoms with Crippen molar-refractivity contribution < 1.29 is 24.2 Å². The van der Waals surface area contributed by atoms with Crippen molar-refractivity contribution in [1.82, 2.24) is 10.2 Å². The predicted octanol–water partition coefficient (Wildman–Crippen LogP) is 4.41. The van der Waals surface area contributed by atoms with Gasteiger partial charge in [-0.15, -0.1) is 0 Å². The summed E-state index contributed by atoms with van der Waals surface area (Å²) in [5.74, 6) is -1.02. The van der Waals surface area contributed by atoms with Crippen LogP contribution in [-0.4, -0.2) is 53.7 Å². The van der Waals surface area contributed by atoms with Crippen LogP contribution in [0.25, 0.3) is 11.1 Å². The number of nitrogens with zero attached hydrogens (tertiary/aromatic N) is 1. The van der Waals surface area contributed by atoms with E-state index in [0.29, 0.717) is 25.9 Å². The maximum absolute atomic E-state index is 12.7. The molecule has 0 spiro atoms. The number of fused-ring (bicyclic) bond motifs is 3. The molecule has 7 nitrogen and oxygen atoms in total. The van der Waals surface area contributed by atoms with Gasteiger partial charge in [0.2, 0.25) is 5.91 Å². The SMILES string of the molecule is O=C(N[C@@H]1CC[C@H](CC(=O)N2CCC[C@@H](C(=O)O)C2)C1)OCC1c2ccccc2-c2ccccc21. The molecule has 3 aliphatic rings. The van der Waals surface area contributed by atoms with E-state index in [1.54, 1.807) is 4.90 Å². The molecule has 35 heavy (non-hydrogen) atoms. The van der Waals surface area contributed by atoms with Crippen molar-refractivity contribution in [3.05, 3.63) is 59.7 Å². The largest absolute Gasteiger partial charge is 0.481 e. The molecule has 7 heteroatoms. The Balaban J connectivity index is 1.10. The summed E-state index contributed by atoms with van der Waals surface area (Å²) in [7, 11) is 0. The number of hydrogen-bond donors (Lipinski definition) is 2. The molecule has 184 valence electrons.